The molecule has 4 aromatic rings. The maximum atomic E-state index is 13.2. The standard InChI is InChI=1S/C23H19ClF3N5O/c24-15-5-7-21-28-19(14-32(21)13-15)18-6-8-22(30-29-18)31-11-9-16(10-12-31)33-20-4-2-1-3-17(20)23(25,26)27/h1-8,13-14,16H,9-12H2. The van der Waals surface area contributed by atoms with Crippen LogP contribution < -0.4 is 9.64 Å². The molecule has 1 aliphatic heterocycles. The van der Waals surface area contributed by atoms with Crippen LogP contribution in [0.25, 0.3) is 17.0 Å². The molecule has 10 heteroatoms. The molecule has 3 aromatic heterocycles. The molecule has 5 rings (SSSR count). The van der Waals surface area contributed by atoms with Crippen LogP contribution in [-0.4, -0.2) is 38.8 Å². The number of nitrogens with zero attached hydrogens (tertiary/aromatic N) is 5. The van der Waals surface area contributed by atoms with E-state index in [1.165, 1.54) is 12.1 Å². The highest BCUT2D eigenvalue weighted by Gasteiger charge is 2.35. The molecule has 0 N–H and O–H groups in total. The Kier molecular flexibility index (Phi) is 5.57. The zero-order valence-electron chi connectivity index (χ0n) is 17.3. The molecular weight excluding hydrogens is 455 g/mol. The van der Waals surface area contributed by atoms with E-state index in [4.69, 9.17) is 16.3 Å². The third-order valence-corrected chi connectivity index (χ3v) is 5.80. The summed E-state index contributed by atoms with van der Waals surface area (Å²) in [6.07, 6.45) is 0.0517. The molecule has 1 saturated heterocycles. The Morgan fingerprint density at radius 2 is 1.70 bits per heavy atom. The number of fused-ring (bicyclic) bond motifs is 1. The second kappa shape index (κ2) is 8.55. The number of para-hydroxylation sites is 1. The molecule has 0 unspecified atom stereocenters. The van der Waals surface area contributed by atoms with Crippen LogP contribution in [0.15, 0.2) is 60.9 Å². The lowest BCUT2D eigenvalue weighted by Crippen LogP contribution is -2.39. The maximum Gasteiger partial charge on any atom is 0.419 e. The van der Waals surface area contributed by atoms with Crippen molar-refractivity contribution in [2.75, 3.05) is 18.0 Å². The van der Waals surface area contributed by atoms with Gasteiger partial charge in [0.05, 0.1) is 10.6 Å². The average molecular weight is 474 g/mol. The number of ether oxygens (including phenoxy) is 1. The Balaban J connectivity index is 1.23. The summed E-state index contributed by atoms with van der Waals surface area (Å²) < 4.78 is 47.1. The minimum Gasteiger partial charge on any atom is -0.490 e. The molecule has 0 amide bonds. The molecule has 0 atom stereocenters. The normalized spacial score (nSPS) is 15.2. The maximum absolute atomic E-state index is 13.2. The van der Waals surface area contributed by atoms with Crippen LogP contribution in [0, 0.1) is 0 Å². The number of benzene rings is 1. The summed E-state index contributed by atoms with van der Waals surface area (Å²) >= 11 is 6.02. The molecule has 1 fully saturated rings. The van der Waals surface area contributed by atoms with E-state index in [2.05, 4.69) is 20.1 Å². The first-order valence-electron chi connectivity index (χ1n) is 10.4. The summed E-state index contributed by atoms with van der Waals surface area (Å²) in [5, 5.41) is 9.26. The van der Waals surface area contributed by atoms with Crippen LogP contribution in [0.3, 0.4) is 0 Å². The van der Waals surface area contributed by atoms with Gasteiger partial charge in [0.1, 0.15) is 28.9 Å². The van der Waals surface area contributed by atoms with Crippen molar-refractivity contribution < 1.29 is 17.9 Å². The van der Waals surface area contributed by atoms with Gasteiger partial charge in [-0.2, -0.15) is 13.2 Å². The number of pyridine rings is 1. The van der Waals surface area contributed by atoms with Crippen LogP contribution in [0.5, 0.6) is 5.75 Å². The molecule has 1 aliphatic rings. The molecule has 0 saturated carbocycles. The van der Waals surface area contributed by atoms with Crippen LogP contribution >= 0.6 is 11.6 Å². The summed E-state index contributed by atoms with van der Waals surface area (Å²) in [6.45, 7) is 1.22. The Labute approximate surface area is 192 Å². The van der Waals surface area contributed by atoms with Gasteiger partial charge < -0.3 is 14.0 Å². The predicted molar refractivity (Wildman–Crippen MR) is 119 cm³/mol. The highest BCUT2D eigenvalue weighted by atomic mass is 35.5. The van der Waals surface area contributed by atoms with E-state index < -0.39 is 11.7 Å². The first kappa shape index (κ1) is 21.5. The molecule has 0 aliphatic carbocycles. The minimum absolute atomic E-state index is 0.124. The van der Waals surface area contributed by atoms with Crippen LogP contribution in [0.2, 0.25) is 5.02 Å². The zero-order valence-corrected chi connectivity index (χ0v) is 18.1. The molecule has 170 valence electrons. The van der Waals surface area contributed by atoms with E-state index in [-0.39, 0.29) is 11.9 Å². The first-order valence-corrected chi connectivity index (χ1v) is 10.8. The van der Waals surface area contributed by atoms with Gasteiger partial charge in [-0.1, -0.05) is 23.7 Å². The van der Waals surface area contributed by atoms with Crippen molar-refractivity contribution >= 4 is 23.1 Å². The Morgan fingerprint density at radius 3 is 2.42 bits per heavy atom. The van der Waals surface area contributed by atoms with Crippen molar-refractivity contribution in [1.82, 2.24) is 19.6 Å². The fraction of sp³-hybridized carbons (Fsp3) is 0.261. The topological polar surface area (TPSA) is 55.6 Å². The number of aromatic nitrogens is 4. The molecule has 0 spiro atoms. The quantitative estimate of drug-likeness (QED) is 0.391. The number of alkyl halides is 3. The van der Waals surface area contributed by atoms with Crippen LogP contribution in [-0.2, 0) is 6.18 Å². The summed E-state index contributed by atoms with van der Waals surface area (Å²) in [5.41, 5.74) is 1.34. The monoisotopic (exact) mass is 473 g/mol. The van der Waals surface area contributed by atoms with E-state index in [1.54, 1.807) is 18.3 Å². The molecule has 6 nitrogen and oxygen atoms in total. The number of piperidine rings is 1. The van der Waals surface area contributed by atoms with Crippen LogP contribution in [0.4, 0.5) is 19.0 Å². The van der Waals surface area contributed by atoms with Crippen molar-refractivity contribution in [3.63, 3.8) is 0 Å². The van der Waals surface area contributed by atoms with Gasteiger partial charge in [-0.05, 0) is 36.4 Å². The Bertz CT molecular complexity index is 1270. The van der Waals surface area contributed by atoms with Crippen molar-refractivity contribution in [1.29, 1.82) is 0 Å². The number of rotatable bonds is 4. The van der Waals surface area contributed by atoms with Gasteiger partial charge in [0.25, 0.3) is 0 Å². The van der Waals surface area contributed by atoms with Gasteiger partial charge in [0.2, 0.25) is 0 Å². The molecule has 1 aromatic carbocycles. The minimum atomic E-state index is -4.44. The molecule has 0 bridgehead atoms. The molecule has 33 heavy (non-hydrogen) atoms. The third kappa shape index (κ3) is 4.59. The summed E-state index contributed by atoms with van der Waals surface area (Å²) in [6, 6.07) is 12.7. The number of imidazole rings is 1. The molecule has 0 radical (unpaired) electrons. The highest BCUT2D eigenvalue weighted by Crippen LogP contribution is 2.37. The number of hydrogen-bond donors (Lipinski definition) is 0. The van der Waals surface area contributed by atoms with Gasteiger partial charge in [0, 0.05) is 38.3 Å². The van der Waals surface area contributed by atoms with Crippen molar-refractivity contribution in [3.8, 4) is 17.1 Å². The van der Waals surface area contributed by atoms with Crippen LogP contribution in [0.1, 0.15) is 18.4 Å². The van der Waals surface area contributed by atoms with Crippen molar-refractivity contribution in [2.45, 2.75) is 25.1 Å². The second-order valence-electron chi connectivity index (χ2n) is 7.81. The van der Waals surface area contributed by atoms with E-state index >= 15 is 0 Å². The fourth-order valence-corrected chi connectivity index (χ4v) is 4.07. The van der Waals surface area contributed by atoms with Gasteiger partial charge >= 0.3 is 6.18 Å². The summed E-state index contributed by atoms with van der Waals surface area (Å²) in [4.78, 5) is 6.58. The Hall–Kier alpha value is -3.33. The van der Waals surface area contributed by atoms with Gasteiger partial charge in [-0.3, -0.25) is 0 Å². The first-order chi connectivity index (χ1) is 15.9. The van der Waals surface area contributed by atoms with E-state index in [0.717, 1.165) is 11.7 Å². The molecule has 4 heterocycles. The Morgan fingerprint density at radius 1 is 0.909 bits per heavy atom. The average Bonchev–Trinajstić information content (AvgIpc) is 3.23. The third-order valence-electron chi connectivity index (χ3n) is 5.58. The van der Waals surface area contributed by atoms with E-state index in [1.807, 2.05) is 28.8 Å². The van der Waals surface area contributed by atoms with E-state index in [0.29, 0.717) is 48.2 Å². The highest BCUT2D eigenvalue weighted by molar-refractivity contribution is 6.30. The van der Waals surface area contributed by atoms with E-state index in [9.17, 15) is 13.2 Å². The van der Waals surface area contributed by atoms with Gasteiger partial charge in [0.15, 0.2) is 5.82 Å². The number of hydrogen-bond acceptors (Lipinski definition) is 5. The lowest BCUT2D eigenvalue weighted by Gasteiger charge is -2.33. The smallest absolute Gasteiger partial charge is 0.419 e. The largest absolute Gasteiger partial charge is 0.490 e. The van der Waals surface area contributed by atoms with Crippen molar-refractivity contribution in [2.24, 2.45) is 0 Å². The zero-order chi connectivity index (χ0) is 23.0. The van der Waals surface area contributed by atoms with Crippen molar-refractivity contribution in [3.05, 3.63) is 71.5 Å². The van der Waals surface area contributed by atoms with Gasteiger partial charge in [-0.15, -0.1) is 10.2 Å². The fourth-order valence-electron chi connectivity index (χ4n) is 3.90. The number of halogens is 4. The molecular formula is C23H19ClF3N5O. The SMILES string of the molecule is FC(F)(F)c1ccccc1OC1CCN(c2ccc(-c3cn4cc(Cl)ccc4n3)nn2)CC1. The lowest BCUT2D eigenvalue weighted by atomic mass is 10.1. The summed E-state index contributed by atoms with van der Waals surface area (Å²) in [7, 11) is 0. The second-order valence-corrected chi connectivity index (χ2v) is 8.25. The summed E-state index contributed by atoms with van der Waals surface area (Å²) in [5.74, 6) is 0.584. The van der Waals surface area contributed by atoms with Gasteiger partial charge in [-0.25, -0.2) is 4.98 Å². The lowest BCUT2D eigenvalue weighted by molar-refractivity contribution is -0.139. The number of anilines is 1. The predicted octanol–water partition coefficient (Wildman–Crippen LogP) is 5.51.